The largest absolute Gasteiger partial charge is 0.466 e. The Hall–Kier alpha value is -2.18. The number of hydrogen-bond donors (Lipinski definition) is 3. The van der Waals surface area contributed by atoms with Gasteiger partial charge in [-0.05, 0) is 83.5 Å². The molecule has 0 aromatic rings. The second-order valence-corrected chi connectivity index (χ2v) is 15.4. The number of nitrogens with one attached hydrogen (secondary N) is 1. The van der Waals surface area contributed by atoms with Gasteiger partial charge in [-0.2, -0.15) is 0 Å². The molecule has 0 heterocycles. The zero-order valence-corrected chi connectivity index (χ0v) is 35.4. The fourth-order valence-corrected chi connectivity index (χ4v) is 6.49. The maximum atomic E-state index is 12.3. The molecular formula is C48H87NO5. The van der Waals surface area contributed by atoms with E-state index in [1.54, 1.807) is 6.08 Å². The van der Waals surface area contributed by atoms with E-state index in [1.165, 1.54) is 116 Å². The van der Waals surface area contributed by atoms with Crippen molar-refractivity contribution in [3.63, 3.8) is 0 Å². The summed E-state index contributed by atoms with van der Waals surface area (Å²) in [6, 6.07) is -0.665. The van der Waals surface area contributed by atoms with E-state index in [1.807, 2.05) is 6.08 Å². The Labute approximate surface area is 334 Å². The number of esters is 1. The molecule has 1 amide bonds. The topological polar surface area (TPSA) is 95.9 Å². The number of carbonyl (C=O) groups excluding carboxylic acids is 2. The SMILES string of the molecule is CCCCCC/C=C\C/C=C\CCCCCCCCCC(=O)OCCCCCC/C=C\CCCC(=O)NC(CO)C(O)/C=C/CCCCCCCCCC. The molecule has 6 nitrogen and oxygen atoms in total. The van der Waals surface area contributed by atoms with Gasteiger partial charge < -0.3 is 20.3 Å². The van der Waals surface area contributed by atoms with Crippen LogP contribution in [0, 0.1) is 0 Å². The van der Waals surface area contributed by atoms with Crippen LogP contribution in [0.3, 0.4) is 0 Å². The Morgan fingerprint density at radius 1 is 0.519 bits per heavy atom. The zero-order chi connectivity index (χ0) is 39.4. The molecule has 0 aromatic carbocycles. The fourth-order valence-electron chi connectivity index (χ4n) is 6.49. The van der Waals surface area contributed by atoms with Gasteiger partial charge in [0.25, 0.3) is 0 Å². The number of aliphatic hydroxyl groups is 2. The van der Waals surface area contributed by atoms with Crippen LogP contribution >= 0.6 is 0 Å². The van der Waals surface area contributed by atoms with Crippen LogP contribution in [0.1, 0.15) is 219 Å². The number of rotatable bonds is 41. The highest BCUT2D eigenvalue weighted by Crippen LogP contribution is 2.13. The Morgan fingerprint density at radius 3 is 1.48 bits per heavy atom. The molecule has 0 bridgehead atoms. The average Bonchev–Trinajstić information content (AvgIpc) is 3.17. The van der Waals surface area contributed by atoms with E-state index in [9.17, 15) is 19.8 Å². The van der Waals surface area contributed by atoms with Gasteiger partial charge in [0.1, 0.15) is 0 Å². The molecule has 0 saturated heterocycles. The summed E-state index contributed by atoms with van der Waals surface area (Å²) in [6.07, 6.45) is 52.5. The summed E-state index contributed by atoms with van der Waals surface area (Å²) in [5.41, 5.74) is 0. The second kappa shape index (κ2) is 43.5. The average molecular weight is 758 g/mol. The van der Waals surface area contributed by atoms with Crippen molar-refractivity contribution in [2.75, 3.05) is 13.2 Å². The molecule has 6 heteroatoms. The number of allylic oxidation sites excluding steroid dienone is 7. The summed E-state index contributed by atoms with van der Waals surface area (Å²) in [5.74, 6) is -0.181. The lowest BCUT2D eigenvalue weighted by molar-refractivity contribution is -0.143. The van der Waals surface area contributed by atoms with Crippen LogP contribution in [0.15, 0.2) is 48.6 Å². The van der Waals surface area contributed by atoms with Crippen molar-refractivity contribution in [2.45, 2.75) is 231 Å². The molecule has 0 saturated carbocycles. The van der Waals surface area contributed by atoms with Crippen molar-refractivity contribution in [2.24, 2.45) is 0 Å². The Balaban J connectivity index is 3.57. The van der Waals surface area contributed by atoms with Crippen LogP contribution < -0.4 is 5.32 Å². The lowest BCUT2D eigenvalue weighted by atomic mass is 10.1. The Bertz CT molecular complexity index is 926. The van der Waals surface area contributed by atoms with Gasteiger partial charge in [-0.1, -0.05) is 172 Å². The summed E-state index contributed by atoms with van der Waals surface area (Å²) < 4.78 is 5.43. The molecule has 0 rings (SSSR count). The van der Waals surface area contributed by atoms with Gasteiger partial charge in [-0.3, -0.25) is 9.59 Å². The van der Waals surface area contributed by atoms with Crippen molar-refractivity contribution >= 4 is 11.9 Å². The normalized spacial score (nSPS) is 13.2. The molecule has 0 aliphatic heterocycles. The van der Waals surface area contributed by atoms with E-state index >= 15 is 0 Å². The lowest BCUT2D eigenvalue weighted by Crippen LogP contribution is -2.45. The highest BCUT2D eigenvalue weighted by atomic mass is 16.5. The van der Waals surface area contributed by atoms with Crippen molar-refractivity contribution in [3.05, 3.63) is 48.6 Å². The molecule has 0 aliphatic rings. The summed E-state index contributed by atoms with van der Waals surface area (Å²) in [5, 5.41) is 22.8. The summed E-state index contributed by atoms with van der Waals surface area (Å²) in [7, 11) is 0. The second-order valence-electron chi connectivity index (χ2n) is 15.4. The molecule has 54 heavy (non-hydrogen) atoms. The quantitative estimate of drug-likeness (QED) is 0.0328. The molecule has 2 atom stereocenters. The maximum Gasteiger partial charge on any atom is 0.305 e. The Kier molecular flexibility index (Phi) is 41.8. The number of aliphatic hydroxyl groups excluding tert-OH is 2. The maximum absolute atomic E-state index is 12.3. The van der Waals surface area contributed by atoms with Crippen LogP contribution in [0.5, 0.6) is 0 Å². The smallest absolute Gasteiger partial charge is 0.305 e. The standard InChI is InChI=1S/C48H87NO5/c1-3-5-7-9-11-13-15-16-17-18-19-20-21-22-26-30-34-38-42-48(53)54-43-39-35-31-27-23-25-29-33-37-41-47(52)49-45(44-50)46(51)40-36-32-28-24-14-12-10-8-6-4-2/h13,15,17-18,25,29,36,40,45-46,50-51H,3-12,14,16,19-24,26-28,30-35,37-39,41-44H2,1-2H3,(H,49,52)/b15-13-,18-17-,29-25-,40-36+. The first-order valence-electron chi connectivity index (χ1n) is 22.9. The lowest BCUT2D eigenvalue weighted by Gasteiger charge is -2.19. The molecule has 314 valence electrons. The van der Waals surface area contributed by atoms with Crippen LogP contribution in [0.2, 0.25) is 0 Å². The van der Waals surface area contributed by atoms with Crippen molar-refractivity contribution in [1.82, 2.24) is 5.32 Å². The van der Waals surface area contributed by atoms with E-state index in [0.717, 1.165) is 77.0 Å². The molecule has 0 fully saturated rings. The van der Waals surface area contributed by atoms with Crippen molar-refractivity contribution < 1.29 is 24.5 Å². The summed E-state index contributed by atoms with van der Waals surface area (Å²) in [4.78, 5) is 24.4. The van der Waals surface area contributed by atoms with Gasteiger partial charge in [0, 0.05) is 12.8 Å². The highest BCUT2D eigenvalue weighted by Gasteiger charge is 2.17. The van der Waals surface area contributed by atoms with Gasteiger partial charge >= 0.3 is 5.97 Å². The third-order valence-corrected chi connectivity index (χ3v) is 10.1. The predicted molar refractivity (Wildman–Crippen MR) is 232 cm³/mol. The number of amides is 1. The number of hydrogen-bond acceptors (Lipinski definition) is 5. The van der Waals surface area contributed by atoms with E-state index in [0.29, 0.717) is 19.4 Å². The van der Waals surface area contributed by atoms with Crippen molar-refractivity contribution in [3.8, 4) is 0 Å². The van der Waals surface area contributed by atoms with Gasteiger partial charge in [0.2, 0.25) is 5.91 Å². The van der Waals surface area contributed by atoms with Crippen LogP contribution in [0.25, 0.3) is 0 Å². The van der Waals surface area contributed by atoms with Crippen molar-refractivity contribution in [1.29, 1.82) is 0 Å². The van der Waals surface area contributed by atoms with E-state index in [2.05, 4.69) is 55.6 Å². The summed E-state index contributed by atoms with van der Waals surface area (Å²) in [6.45, 7) is 4.75. The van der Waals surface area contributed by atoms with Crippen LogP contribution in [0.4, 0.5) is 0 Å². The van der Waals surface area contributed by atoms with E-state index < -0.39 is 12.1 Å². The van der Waals surface area contributed by atoms with Gasteiger partial charge in [0.05, 0.1) is 25.4 Å². The predicted octanol–water partition coefficient (Wildman–Crippen LogP) is 13.1. The third-order valence-electron chi connectivity index (χ3n) is 10.1. The molecule has 0 aliphatic carbocycles. The van der Waals surface area contributed by atoms with Crippen LogP contribution in [-0.4, -0.2) is 47.4 Å². The monoisotopic (exact) mass is 758 g/mol. The van der Waals surface area contributed by atoms with E-state index in [4.69, 9.17) is 4.74 Å². The Morgan fingerprint density at radius 2 is 0.944 bits per heavy atom. The van der Waals surface area contributed by atoms with Gasteiger partial charge in [-0.15, -0.1) is 0 Å². The number of unbranched alkanes of at least 4 members (excludes halogenated alkanes) is 24. The minimum atomic E-state index is -0.874. The molecule has 0 spiro atoms. The highest BCUT2D eigenvalue weighted by molar-refractivity contribution is 5.76. The van der Waals surface area contributed by atoms with Crippen LogP contribution in [-0.2, 0) is 14.3 Å². The first-order chi connectivity index (χ1) is 26.5. The summed E-state index contributed by atoms with van der Waals surface area (Å²) >= 11 is 0. The minimum Gasteiger partial charge on any atom is -0.466 e. The minimum absolute atomic E-state index is 0.0472. The fraction of sp³-hybridized carbons (Fsp3) is 0.792. The van der Waals surface area contributed by atoms with Gasteiger partial charge in [-0.25, -0.2) is 0 Å². The first kappa shape index (κ1) is 51.8. The van der Waals surface area contributed by atoms with E-state index in [-0.39, 0.29) is 18.5 Å². The first-order valence-corrected chi connectivity index (χ1v) is 22.9. The molecule has 2 unspecified atom stereocenters. The molecular weight excluding hydrogens is 671 g/mol. The molecule has 0 aromatic heterocycles. The molecule has 0 radical (unpaired) electrons. The number of ether oxygens (including phenoxy) is 1. The number of carbonyl (C=O) groups is 2. The zero-order valence-electron chi connectivity index (χ0n) is 35.4. The van der Waals surface area contributed by atoms with Gasteiger partial charge in [0.15, 0.2) is 0 Å². The third kappa shape index (κ3) is 39.5. The molecule has 3 N–H and O–H groups in total.